The van der Waals surface area contributed by atoms with E-state index in [0.29, 0.717) is 57.8 Å². The van der Waals surface area contributed by atoms with Crippen LogP contribution in [0.25, 0.3) is 0 Å². The number of carbonyl (C=O) groups excluding carboxylic acids is 3. The summed E-state index contributed by atoms with van der Waals surface area (Å²) in [6.45, 7) is 13.4. The molecule has 4 fully saturated rings. The van der Waals surface area contributed by atoms with Crippen LogP contribution in [0.2, 0.25) is 0 Å². The van der Waals surface area contributed by atoms with Crippen molar-refractivity contribution in [2.45, 2.75) is 116 Å². The second-order valence-corrected chi connectivity index (χ2v) is 15.5. The van der Waals surface area contributed by atoms with Crippen molar-refractivity contribution >= 4 is 18.2 Å². The summed E-state index contributed by atoms with van der Waals surface area (Å²) in [6.07, 6.45) is 3.89. The van der Waals surface area contributed by atoms with Crippen molar-refractivity contribution in [2.75, 3.05) is 26.2 Å². The van der Waals surface area contributed by atoms with Crippen molar-refractivity contribution in [2.24, 2.45) is 5.41 Å². The molecule has 1 aromatic carbocycles. The maximum Gasteiger partial charge on any atom is 0.410 e. The van der Waals surface area contributed by atoms with Crippen LogP contribution in [0, 0.1) is 5.41 Å². The second-order valence-electron chi connectivity index (χ2n) is 15.5. The van der Waals surface area contributed by atoms with Crippen LogP contribution >= 0.6 is 0 Å². The van der Waals surface area contributed by atoms with E-state index in [1.165, 1.54) is 0 Å². The Hall–Kier alpha value is -3.80. The molecule has 1 spiro atoms. The van der Waals surface area contributed by atoms with Crippen LogP contribution in [0.4, 0.5) is 14.4 Å². The van der Waals surface area contributed by atoms with Gasteiger partial charge in [-0.3, -0.25) is 4.84 Å². The Bertz CT molecular complexity index is 1440. The van der Waals surface area contributed by atoms with Crippen molar-refractivity contribution in [3.05, 3.63) is 53.4 Å². The van der Waals surface area contributed by atoms with Gasteiger partial charge in [-0.1, -0.05) is 35.5 Å². The average molecular weight is 652 g/mol. The molecule has 3 aliphatic heterocycles. The lowest BCUT2D eigenvalue weighted by molar-refractivity contribution is -0.153. The summed E-state index contributed by atoms with van der Waals surface area (Å²) < 4.78 is 17.2. The largest absolute Gasteiger partial charge is 0.444 e. The zero-order valence-electron chi connectivity index (χ0n) is 28.6. The molecule has 1 aliphatic carbocycles. The number of ether oxygens (including phenoxy) is 2. The van der Waals surface area contributed by atoms with Gasteiger partial charge < -0.3 is 28.7 Å². The van der Waals surface area contributed by atoms with E-state index in [2.05, 4.69) is 5.16 Å². The van der Waals surface area contributed by atoms with Crippen LogP contribution in [0.3, 0.4) is 0 Å². The molecule has 1 saturated carbocycles. The van der Waals surface area contributed by atoms with Gasteiger partial charge in [-0.15, -0.1) is 0 Å². The Morgan fingerprint density at radius 3 is 2.34 bits per heavy atom. The van der Waals surface area contributed by atoms with Crippen LogP contribution in [0.15, 0.2) is 40.9 Å². The van der Waals surface area contributed by atoms with Crippen LogP contribution < -0.4 is 0 Å². The third-order valence-corrected chi connectivity index (χ3v) is 9.58. The van der Waals surface area contributed by atoms with Crippen LogP contribution in [0.1, 0.15) is 96.7 Å². The first-order valence-electron chi connectivity index (χ1n) is 16.9. The van der Waals surface area contributed by atoms with Crippen LogP contribution in [-0.4, -0.2) is 92.6 Å². The van der Waals surface area contributed by atoms with Gasteiger partial charge in [0.1, 0.15) is 29.3 Å². The standard InChI is InChI=1S/C35H49N5O7/c1-33(2,3)45-31(42)37-17-12-25(13-18-37)38(32(43)46-34(4,5)6)19-14-26-20-27(36-47-26)28-21-35(15-16-35)29-22-39(28)30(41)40(29)44-23-24-10-8-7-9-11-24/h7-11,20,25,28-29H,12-19,21-23H2,1-6H3/t28-,29-/m0/s1. The fourth-order valence-corrected chi connectivity index (χ4v) is 7.02. The number of aromatic nitrogens is 1. The molecule has 0 N–H and O–H groups in total. The van der Waals surface area contributed by atoms with Crippen molar-refractivity contribution in [3.63, 3.8) is 0 Å². The molecule has 2 atom stereocenters. The minimum absolute atomic E-state index is 0.0325. The average Bonchev–Trinajstić information content (AvgIpc) is 3.49. The molecule has 12 nitrogen and oxygen atoms in total. The molecule has 12 heteroatoms. The normalized spacial score (nSPS) is 22.5. The van der Waals surface area contributed by atoms with E-state index < -0.39 is 11.2 Å². The maximum atomic E-state index is 13.6. The molecule has 3 saturated heterocycles. The lowest BCUT2D eigenvalue weighted by Crippen LogP contribution is -2.51. The van der Waals surface area contributed by atoms with E-state index in [0.717, 1.165) is 30.5 Å². The monoisotopic (exact) mass is 651 g/mol. The predicted molar refractivity (Wildman–Crippen MR) is 172 cm³/mol. The summed E-state index contributed by atoms with van der Waals surface area (Å²) in [6, 6.07) is 11.4. The zero-order chi connectivity index (χ0) is 33.6. The number of hydrogen-bond donors (Lipinski definition) is 0. The van der Waals surface area contributed by atoms with Gasteiger partial charge in [0.2, 0.25) is 0 Å². The van der Waals surface area contributed by atoms with Gasteiger partial charge in [0, 0.05) is 44.7 Å². The molecule has 0 radical (unpaired) electrons. The number of rotatable bonds is 8. The summed E-state index contributed by atoms with van der Waals surface area (Å²) >= 11 is 0. The first kappa shape index (κ1) is 33.1. The van der Waals surface area contributed by atoms with Gasteiger partial charge in [0.15, 0.2) is 0 Å². The predicted octanol–water partition coefficient (Wildman–Crippen LogP) is 6.32. The Morgan fingerprint density at radius 2 is 1.70 bits per heavy atom. The molecule has 256 valence electrons. The van der Waals surface area contributed by atoms with E-state index in [4.69, 9.17) is 18.8 Å². The zero-order valence-corrected chi connectivity index (χ0v) is 28.6. The highest BCUT2D eigenvalue weighted by Gasteiger charge is 2.63. The summed E-state index contributed by atoms with van der Waals surface area (Å²) in [5.41, 5.74) is 0.573. The summed E-state index contributed by atoms with van der Waals surface area (Å²) in [4.78, 5) is 51.1. The van der Waals surface area contributed by atoms with Crippen LogP contribution in [0.5, 0.6) is 0 Å². The first-order valence-corrected chi connectivity index (χ1v) is 16.9. The molecular weight excluding hydrogens is 602 g/mol. The minimum Gasteiger partial charge on any atom is -0.444 e. The van der Waals surface area contributed by atoms with Crippen LogP contribution in [-0.2, 0) is 27.3 Å². The second kappa shape index (κ2) is 12.7. The number of hydroxylamine groups is 2. The van der Waals surface area contributed by atoms with Crippen molar-refractivity contribution in [3.8, 4) is 0 Å². The van der Waals surface area contributed by atoms with E-state index in [1.54, 1.807) is 14.9 Å². The summed E-state index contributed by atoms with van der Waals surface area (Å²) in [5, 5.41) is 6.04. The smallest absolute Gasteiger partial charge is 0.410 e. The first-order chi connectivity index (χ1) is 22.2. The third-order valence-electron chi connectivity index (χ3n) is 9.58. The quantitative estimate of drug-likeness (QED) is 0.326. The Balaban J connectivity index is 1.10. The lowest BCUT2D eigenvalue weighted by atomic mass is 9.84. The molecule has 4 amide bonds. The number of carbonyl (C=O) groups is 3. The fraction of sp³-hybridized carbons (Fsp3) is 0.657. The van der Waals surface area contributed by atoms with Crippen molar-refractivity contribution in [1.82, 2.24) is 24.9 Å². The molecule has 4 aliphatic rings. The maximum absolute atomic E-state index is 13.6. The fourth-order valence-electron chi connectivity index (χ4n) is 7.02. The Kier molecular flexibility index (Phi) is 8.92. The molecule has 2 bridgehead atoms. The molecule has 2 aromatic rings. The third kappa shape index (κ3) is 7.52. The highest BCUT2D eigenvalue weighted by molar-refractivity contribution is 5.77. The van der Waals surface area contributed by atoms with E-state index in [-0.39, 0.29) is 41.8 Å². The summed E-state index contributed by atoms with van der Waals surface area (Å²) in [5.74, 6) is 0.649. The van der Waals surface area contributed by atoms with Gasteiger partial charge in [-0.2, -0.15) is 5.06 Å². The summed E-state index contributed by atoms with van der Waals surface area (Å²) in [7, 11) is 0. The van der Waals surface area contributed by atoms with Crippen molar-refractivity contribution < 1.29 is 33.2 Å². The number of likely N-dealkylation sites (tertiary alicyclic amines) is 1. The van der Waals surface area contributed by atoms with Gasteiger partial charge in [0.25, 0.3) is 0 Å². The molecule has 1 aromatic heterocycles. The van der Waals surface area contributed by atoms with Gasteiger partial charge >= 0.3 is 18.2 Å². The molecular formula is C35H49N5O7. The molecule has 47 heavy (non-hydrogen) atoms. The highest BCUT2D eigenvalue weighted by Crippen LogP contribution is 2.61. The Labute approximate surface area is 277 Å². The number of nitrogens with zero attached hydrogens (tertiary/aromatic N) is 5. The molecule has 0 unspecified atom stereocenters. The van der Waals surface area contributed by atoms with Crippen molar-refractivity contribution in [1.29, 1.82) is 0 Å². The Morgan fingerprint density at radius 1 is 1.02 bits per heavy atom. The lowest BCUT2D eigenvalue weighted by Gasteiger charge is -2.39. The van der Waals surface area contributed by atoms with E-state index in [1.807, 2.05) is 82.8 Å². The number of piperidine rings is 2. The topological polar surface area (TPSA) is 118 Å². The number of urea groups is 1. The minimum atomic E-state index is -0.648. The van der Waals surface area contributed by atoms with Gasteiger partial charge in [0.05, 0.1) is 12.1 Å². The molecule has 6 rings (SSSR count). The van der Waals surface area contributed by atoms with Gasteiger partial charge in [-0.25, -0.2) is 14.4 Å². The highest BCUT2D eigenvalue weighted by atomic mass is 16.7. The number of amides is 4. The van der Waals surface area contributed by atoms with Gasteiger partial charge in [-0.05, 0) is 84.6 Å². The number of benzene rings is 1. The number of fused-ring (bicyclic) bond motifs is 3. The van der Waals surface area contributed by atoms with E-state index in [9.17, 15) is 14.4 Å². The SMILES string of the molecule is CC(C)(C)OC(=O)N1CCC(N(CCc2cc([C@@H]3CC4(CC4)[C@@H]4CN3C(=O)N4OCc3ccccc3)no2)C(=O)OC(C)(C)C)CC1. The van der Waals surface area contributed by atoms with E-state index >= 15 is 0 Å². The number of hydrogen-bond acceptors (Lipinski definition) is 8. The molecule has 4 heterocycles.